The zero-order valence-electron chi connectivity index (χ0n) is 17.9. The van der Waals surface area contributed by atoms with Crippen molar-refractivity contribution in [3.63, 3.8) is 0 Å². The minimum atomic E-state index is -0.380. The van der Waals surface area contributed by atoms with Crippen LogP contribution < -0.4 is 0 Å². The highest BCUT2D eigenvalue weighted by atomic mass is 16.2. The van der Waals surface area contributed by atoms with Crippen molar-refractivity contribution in [1.82, 2.24) is 19.2 Å². The number of carbonyl (C=O) groups excluding carboxylic acids is 2. The summed E-state index contributed by atoms with van der Waals surface area (Å²) in [5.41, 5.74) is 3.01. The minimum absolute atomic E-state index is 0.0620. The molecule has 1 atom stereocenters. The molecule has 0 radical (unpaired) electrons. The Kier molecular flexibility index (Phi) is 5.00. The second-order valence-corrected chi connectivity index (χ2v) is 8.73. The Morgan fingerprint density at radius 3 is 2.45 bits per heavy atom. The van der Waals surface area contributed by atoms with E-state index >= 15 is 0 Å². The standard InChI is InChI=1S/C25H28N4O2/c1-19(29-15-7-11-23(29)30)24(31)27-16-12-25(13-17-27,20-8-3-2-4-9-20)21-18-28-14-6-5-10-22(28)26-21/h2-6,8-10,14,18-19H,7,11-13,15-17H2,1H3. The first kappa shape index (κ1) is 19.8. The van der Waals surface area contributed by atoms with E-state index in [1.165, 1.54) is 5.56 Å². The summed E-state index contributed by atoms with van der Waals surface area (Å²) in [6.07, 6.45) is 7.19. The normalized spacial score (nSPS) is 19.7. The lowest BCUT2D eigenvalue weighted by Gasteiger charge is -2.42. The first-order valence-electron chi connectivity index (χ1n) is 11.2. The van der Waals surface area contributed by atoms with Gasteiger partial charge in [-0.05, 0) is 43.9 Å². The van der Waals surface area contributed by atoms with Crippen molar-refractivity contribution in [2.45, 2.75) is 44.1 Å². The molecular weight excluding hydrogens is 388 g/mol. The van der Waals surface area contributed by atoms with Crippen LogP contribution in [-0.2, 0) is 15.0 Å². The minimum Gasteiger partial charge on any atom is -0.341 e. The Labute approximate surface area is 182 Å². The molecule has 2 saturated heterocycles. The van der Waals surface area contributed by atoms with Crippen molar-refractivity contribution in [3.8, 4) is 0 Å². The largest absolute Gasteiger partial charge is 0.341 e. The van der Waals surface area contributed by atoms with E-state index in [9.17, 15) is 9.59 Å². The van der Waals surface area contributed by atoms with Crippen LogP contribution in [0.4, 0.5) is 0 Å². The number of hydrogen-bond acceptors (Lipinski definition) is 3. The molecule has 4 heterocycles. The predicted molar refractivity (Wildman–Crippen MR) is 119 cm³/mol. The van der Waals surface area contributed by atoms with Crippen molar-refractivity contribution < 1.29 is 9.59 Å². The maximum Gasteiger partial charge on any atom is 0.245 e. The highest BCUT2D eigenvalue weighted by molar-refractivity contribution is 5.88. The molecule has 31 heavy (non-hydrogen) atoms. The van der Waals surface area contributed by atoms with Crippen LogP contribution in [0.25, 0.3) is 5.65 Å². The van der Waals surface area contributed by atoms with Gasteiger partial charge in [0.05, 0.1) is 5.69 Å². The zero-order chi connectivity index (χ0) is 21.4. The van der Waals surface area contributed by atoms with Gasteiger partial charge in [0, 0.05) is 43.9 Å². The lowest BCUT2D eigenvalue weighted by Crippen LogP contribution is -2.52. The molecular formula is C25H28N4O2. The molecule has 3 aromatic rings. The summed E-state index contributed by atoms with van der Waals surface area (Å²) in [5, 5.41) is 0. The molecule has 2 fully saturated rings. The predicted octanol–water partition coefficient (Wildman–Crippen LogP) is 3.25. The van der Waals surface area contributed by atoms with Gasteiger partial charge in [0.15, 0.2) is 0 Å². The molecule has 160 valence electrons. The molecule has 6 nitrogen and oxygen atoms in total. The van der Waals surface area contributed by atoms with Crippen LogP contribution in [0, 0.1) is 0 Å². The molecule has 1 aromatic carbocycles. The van der Waals surface area contributed by atoms with Crippen LogP contribution in [0.1, 0.15) is 43.9 Å². The van der Waals surface area contributed by atoms with Crippen molar-refractivity contribution in [2.24, 2.45) is 0 Å². The molecule has 0 bridgehead atoms. The fraction of sp³-hybridized carbons (Fsp3) is 0.400. The number of rotatable bonds is 4. The average molecular weight is 417 g/mol. The van der Waals surface area contributed by atoms with E-state index in [1.54, 1.807) is 4.90 Å². The van der Waals surface area contributed by atoms with Gasteiger partial charge in [0.2, 0.25) is 11.8 Å². The first-order valence-corrected chi connectivity index (χ1v) is 11.2. The van der Waals surface area contributed by atoms with Gasteiger partial charge >= 0.3 is 0 Å². The number of likely N-dealkylation sites (tertiary alicyclic amines) is 2. The van der Waals surface area contributed by atoms with Gasteiger partial charge in [-0.25, -0.2) is 4.98 Å². The molecule has 0 saturated carbocycles. The van der Waals surface area contributed by atoms with Crippen molar-refractivity contribution in [1.29, 1.82) is 0 Å². The second-order valence-electron chi connectivity index (χ2n) is 8.73. The Balaban J connectivity index is 1.42. The first-order chi connectivity index (χ1) is 15.1. The lowest BCUT2D eigenvalue weighted by atomic mass is 9.70. The van der Waals surface area contributed by atoms with Gasteiger partial charge in [0.25, 0.3) is 0 Å². The number of aromatic nitrogens is 2. The van der Waals surface area contributed by atoms with Gasteiger partial charge in [-0.3, -0.25) is 9.59 Å². The lowest BCUT2D eigenvalue weighted by molar-refractivity contribution is -0.143. The maximum absolute atomic E-state index is 13.2. The number of benzene rings is 1. The van der Waals surface area contributed by atoms with Crippen LogP contribution >= 0.6 is 0 Å². The Hall–Kier alpha value is -3.15. The van der Waals surface area contributed by atoms with Gasteiger partial charge in [-0.1, -0.05) is 36.4 Å². The zero-order valence-corrected chi connectivity index (χ0v) is 17.9. The number of piperidine rings is 1. The number of fused-ring (bicyclic) bond motifs is 1. The smallest absolute Gasteiger partial charge is 0.245 e. The van der Waals surface area contributed by atoms with E-state index in [0.717, 1.165) is 30.6 Å². The van der Waals surface area contributed by atoms with E-state index in [4.69, 9.17) is 4.98 Å². The third kappa shape index (κ3) is 3.40. The molecule has 5 rings (SSSR count). The summed E-state index contributed by atoms with van der Waals surface area (Å²) >= 11 is 0. The molecule has 1 unspecified atom stereocenters. The van der Waals surface area contributed by atoms with Crippen LogP contribution in [0.5, 0.6) is 0 Å². The fourth-order valence-electron chi connectivity index (χ4n) is 5.20. The monoisotopic (exact) mass is 416 g/mol. The van der Waals surface area contributed by atoms with Crippen molar-refractivity contribution >= 4 is 17.5 Å². The molecule has 0 spiro atoms. The molecule has 2 aliphatic heterocycles. The maximum atomic E-state index is 13.2. The number of amides is 2. The van der Waals surface area contributed by atoms with E-state index in [2.05, 4.69) is 34.9 Å². The average Bonchev–Trinajstić information content (AvgIpc) is 3.45. The van der Waals surface area contributed by atoms with Crippen molar-refractivity contribution in [2.75, 3.05) is 19.6 Å². The topological polar surface area (TPSA) is 57.9 Å². The van der Waals surface area contributed by atoms with Crippen LogP contribution in [0.15, 0.2) is 60.9 Å². The second kappa shape index (κ2) is 7.84. The summed E-state index contributed by atoms with van der Waals surface area (Å²) in [5.74, 6) is 0.160. The third-order valence-electron chi connectivity index (χ3n) is 7.04. The number of nitrogens with zero attached hydrogens (tertiary/aromatic N) is 4. The number of imidazole rings is 1. The molecule has 0 aliphatic carbocycles. The SMILES string of the molecule is CC(C(=O)N1CCC(c2ccccc2)(c2cn3ccccc3n2)CC1)N1CCCC1=O. The number of pyridine rings is 1. The van der Waals surface area contributed by atoms with Crippen LogP contribution in [0.2, 0.25) is 0 Å². The molecule has 2 aromatic heterocycles. The summed E-state index contributed by atoms with van der Waals surface area (Å²) in [6.45, 7) is 3.88. The van der Waals surface area contributed by atoms with E-state index < -0.39 is 0 Å². The number of hydrogen-bond donors (Lipinski definition) is 0. The fourth-order valence-corrected chi connectivity index (χ4v) is 5.20. The van der Waals surface area contributed by atoms with Crippen LogP contribution in [0.3, 0.4) is 0 Å². The summed E-state index contributed by atoms with van der Waals surface area (Å²) in [7, 11) is 0. The van der Waals surface area contributed by atoms with E-state index in [1.807, 2.05) is 42.3 Å². The Morgan fingerprint density at radius 1 is 1.03 bits per heavy atom. The Morgan fingerprint density at radius 2 is 1.77 bits per heavy atom. The summed E-state index contributed by atoms with van der Waals surface area (Å²) < 4.78 is 2.07. The van der Waals surface area contributed by atoms with Gasteiger partial charge in [-0.15, -0.1) is 0 Å². The quantitative estimate of drug-likeness (QED) is 0.656. The highest BCUT2D eigenvalue weighted by Gasteiger charge is 2.42. The van der Waals surface area contributed by atoms with E-state index in [0.29, 0.717) is 26.1 Å². The van der Waals surface area contributed by atoms with Gasteiger partial charge < -0.3 is 14.2 Å². The Bertz CT molecular complexity index is 1070. The molecule has 0 N–H and O–H groups in total. The number of carbonyl (C=O) groups is 2. The van der Waals surface area contributed by atoms with Gasteiger partial charge in [-0.2, -0.15) is 0 Å². The third-order valence-corrected chi connectivity index (χ3v) is 7.04. The molecule has 2 amide bonds. The highest BCUT2D eigenvalue weighted by Crippen LogP contribution is 2.41. The molecule has 6 heteroatoms. The van der Waals surface area contributed by atoms with E-state index in [-0.39, 0.29) is 23.3 Å². The van der Waals surface area contributed by atoms with Gasteiger partial charge in [0.1, 0.15) is 11.7 Å². The summed E-state index contributed by atoms with van der Waals surface area (Å²) in [6, 6.07) is 16.2. The van der Waals surface area contributed by atoms with Crippen molar-refractivity contribution in [3.05, 3.63) is 72.2 Å². The van der Waals surface area contributed by atoms with Crippen LogP contribution in [-0.4, -0.2) is 56.7 Å². The molecule has 2 aliphatic rings. The summed E-state index contributed by atoms with van der Waals surface area (Å²) in [4.78, 5) is 33.9.